The lowest BCUT2D eigenvalue weighted by molar-refractivity contribution is -0.402. The quantitative estimate of drug-likeness (QED) is 0.366. The lowest BCUT2D eigenvalue weighted by Crippen LogP contribution is -2.03. The molecule has 1 heterocycles. The maximum absolute atomic E-state index is 13.3. The van der Waals surface area contributed by atoms with E-state index in [9.17, 15) is 23.7 Å². The standard InChI is InChI=1S/C14H9F2NO5/c15-11-3-1-2-9(14(11)16)8-21-13(18)7-5-10-4-6-12(22-10)17(19)20/h1-7H,8H2/b7-5+. The number of hydrogen-bond acceptors (Lipinski definition) is 5. The zero-order chi connectivity index (χ0) is 16.1. The highest BCUT2D eigenvalue weighted by Crippen LogP contribution is 2.17. The molecule has 0 spiro atoms. The maximum Gasteiger partial charge on any atom is 0.433 e. The van der Waals surface area contributed by atoms with Crippen LogP contribution in [0.5, 0.6) is 0 Å². The lowest BCUT2D eigenvalue weighted by atomic mass is 10.2. The van der Waals surface area contributed by atoms with E-state index in [0.29, 0.717) is 0 Å². The van der Waals surface area contributed by atoms with Crippen molar-refractivity contribution in [1.29, 1.82) is 0 Å². The van der Waals surface area contributed by atoms with E-state index in [1.54, 1.807) is 0 Å². The van der Waals surface area contributed by atoms with Gasteiger partial charge in [-0.15, -0.1) is 0 Å². The molecular formula is C14H9F2NO5. The van der Waals surface area contributed by atoms with Gasteiger partial charge in [0.15, 0.2) is 11.6 Å². The smallest absolute Gasteiger partial charge is 0.433 e. The van der Waals surface area contributed by atoms with E-state index in [1.807, 2.05) is 0 Å². The molecule has 0 saturated carbocycles. The highest BCUT2D eigenvalue weighted by atomic mass is 19.2. The Bertz CT molecular complexity index is 739. The van der Waals surface area contributed by atoms with Crippen LogP contribution in [0.1, 0.15) is 11.3 Å². The van der Waals surface area contributed by atoms with Gasteiger partial charge in [0, 0.05) is 11.6 Å². The van der Waals surface area contributed by atoms with Crippen molar-refractivity contribution in [2.24, 2.45) is 0 Å². The summed E-state index contributed by atoms with van der Waals surface area (Å²) in [4.78, 5) is 21.1. The van der Waals surface area contributed by atoms with Crippen molar-refractivity contribution in [3.63, 3.8) is 0 Å². The van der Waals surface area contributed by atoms with Crippen LogP contribution in [0, 0.1) is 21.7 Å². The zero-order valence-electron chi connectivity index (χ0n) is 11.0. The van der Waals surface area contributed by atoms with E-state index in [1.165, 1.54) is 18.2 Å². The van der Waals surface area contributed by atoms with Crippen molar-refractivity contribution < 1.29 is 27.7 Å². The van der Waals surface area contributed by atoms with Crippen LogP contribution in [0.4, 0.5) is 14.7 Å². The first-order valence-electron chi connectivity index (χ1n) is 5.99. The average Bonchev–Trinajstić information content (AvgIpc) is 2.96. The molecule has 0 amide bonds. The Hall–Kier alpha value is -3.03. The Morgan fingerprint density at radius 3 is 2.77 bits per heavy atom. The van der Waals surface area contributed by atoms with E-state index < -0.39 is 35.0 Å². The van der Waals surface area contributed by atoms with Crippen LogP contribution < -0.4 is 0 Å². The summed E-state index contributed by atoms with van der Waals surface area (Å²) in [6, 6.07) is 5.95. The first-order chi connectivity index (χ1) is 10.5. The van der Waals surface area contributed by atoms with Crippen molar-refractivity contribution in [2.45, 2.75) is 6.61 Å². The van der Waals surface area contributed by atoms with Gasteiger partial charge in [-0.05, 0) is 18.2 Å². The molecule has 0 aliphatic heterocycles. The SMILES string of the molecule is O=C(/C=C/c1ccc([N+](=O)[O-])o1)OCc1cccc(F)c1F. The van der Waals surface area contributed by atoms with Gasteiger partial charge in [-0.3, -0.25) is 10.1 Å². The number of rotatable bonds is 5. The molecular weight excluding hydrogens is 300 g/mol. The van der Waals surface area contributed by atoms with Gasteiger partial charge >= 0.3 is 11.9 Å². The summed E-state index contributed by atoms with van der Waals surface area (Å²) >= 11 is 0. The highest BCUT2D eigenvalue weighted by molar-refractivity contribution is 5.86. The molecule has 0 N–H and O–H groups in total. The van der Waals surface area contributed by atoms with E-state index in [0.717, 1.165) is 24.3 Å². The van der Waals surface area contributed by atoms with Gasteiger partial charge in [-0.25, -0.2) is 13.6 Å². The molecule has 6 nitrogen and oxygen atoms in total. The molecule has 1 aromatic heterocycles. The minimum absolute atomic E-state index is 0.0839. The Kier molecular flexibility index (Phi) is 4.62. The van der Waals surface area contributed by atoms with Crippen molar-refractivity contribution in [3.8, 4) is 0 Å². The normalized spacial score (nSPS) is 10.8. The first-order valence-corrected chi connectivity index (χ1v) is 5.99. The van der Waals surface area contributed by atoms with Gasteiger partial charge in [0.25, 0.3) is 0 Å². The summed E-state index contributed by atoms with van der Waals surface area (Å²) in [5.74, 6) is -3.33. The minimum atomic E-state index is -1.08. The summed E-state index contributed by atoms with van der Waals surface area (Å²) in [5, 5.41) is 10.4. The van der Waals surface area contributed by atoms with Gasteiger partial charge in [-0.1, -0.05) is 12.1 Å². The summed E-state index contributed by atoms with van der Waals surface area (Å²) in [6.45, 7) is -0.439. The topological polar surface area (TPSA) is 82.6 Å². The second-order valence-electron chi connectivity index (χ2n) is 4.09. The van der Waals surface area contributed by atoms with Crippen molar-refractivity contribution in [1.82, 2.24) is 0 Å². The number of carbonyl (C=O) groups is 1. The Labute approximate surface area is 122 Å². The average molecular weight is 309 g/mol. The molecule has 2 aromatic rings. The molecule has 0 radical (unpaired) electrons. The fourth-order valence-electron chi connectivity index (χ4n) is 1.54. The molecule has 0 unspecified atom stereocenters. The van der Waals surface area contributed by atoms with Crippen LogP contribution in [-0.4, -0.2) is 10.9 Å². The lowest BCUT2D eigenvalue weighted by Gasteiger charge is -2.03. The minimum Gasteiger partial charge on any atom is -0.458 e. The van der Waals surface area contributed by atoms with E-state index in [-0.39, 0.29) is 11.3 Å². The monoisotopic (exact) mass is 309 g/mol. The van der Waals surface area contributed by atoms with Crippen LogP contribution in [0.15, 0.2) is 40.8 Å². The highest BCUT2D eigenvalue weighted by Gasteiger charge is 2.11. The third kappa shape index (κ3) is 3.75. The molecule has 0 fully saturated rings. The van der Waals surface area contributed by atoms with Crippen LogP contribution in [-0.2, 0) is 16.1 Å². The molecule has 8 heteroatoms. The van der Waals surface area contributed by atoms with E-state index >= 15 is 0 Å². The van der Waals surface area contributed by atoms with Gasteiger partial charge in [0.2, 0.25) is 0 Å². The molecule has 114 valence electrons. The van der Waals surface area contributed by atoms with Gasteiger partial charge in [0.05, 0.1) is 6.07 Å². The van der Waals surface area contributed by atoms with E-state index in [4.69, 9.17) is 9.15 Å². The molecule has 1 aromatic carbocycles. The number of carbonyl (C=O) groups excluding carboxylic acids is 1. The van der Waals surface area contributed by atoms with E-state index in [2.05, 4.69) is 0 Å². The summed E-state index contributed by atoms with van der Waals surface area (Å²) in [6.07, 6.45) is 2.12. The molecule has 0 bridgehead atoms. The zero-order valence-corrected chi connectivity index (χ0v) is 11.0. The van der Waals surface area contributed by atoms with Crippen molar-refractivity contribution in [2.75, 3.05) is 0 Å². The Balaban J connectivity index is 1.93. The number of halogens is 2. The maximum atomic E-state index is 13.3. The molecule has 0 aliphatic rings. The van der Waals surface area contributed by atoms with Crippen LogP contribution in [0.2, 0.25) is 0 Å². The molecule has 0 atom stereocenters. The number of ether oxygens (including phenoxy) is 1. The largest absolute Gasteiger partial charge is 0.458 e. The third-order valence-electron chi connectivity index (χ3n) is 2.58. The Morgan fingerprint density at radius 1 is 1.32 bits per heavy atom. The first kappa shape index (κ1) is 15.4. The second-order valence-corrected chi connectivity index (χ2v) is 4.09. The van der Waals surface area contributed by atoms with Crippen LogP contribution >= 0.6 is 0 Å². The van der Waals surface area contributed by atoms with Gasteiger partial charge in [-0.2, -0.15) is 0 Å². The molecule has 22 heavy (non-hydrogen) atoms. The van der Waals surface area contributed by atoms with Gasteiger partial charge < -0.3 is 9.15 Å². The predicted octanol–water partition coefficient (Wildman–Crippen LogP) is 3.22. The number of nitrogens with zero attached hydrogens (tertiary/aromatic N) is 1. The molecule has 0 saturated heterocycles. The summed E-state index contributed by atoms with van der Waals surface area (Å²) in [7, 11) is 0. The van der Waals surface area contributed by atoms with Crippen LogP contribution in [0.3, 0.4) is 0 Å². The fraction of sp³-hybridized carbons (Fsp3) is 0.0714. The number of esters is 1. The Morgan fingerprint density at radius 2 is 2.09 bits per heavy atom. The molecule has 2 rings (SSSR count). The summed E-state index contributed by atoms with van der Waals surface area (Å²) in [5.41, 5.74) is -0.101. The molecule has 0 aliphatic carbocycles. The summed E-state index contributed by atoms with van der Waals surface area (Å²) < 4.78 is 35.8. The van der Waals surface area contributed by atoms with Crippen LogP contribution in [0.25, 0.3) is 6.08 Å². The number of hydrogen-bond donors (Lipinski definition) is 0. The van der Waals surface area contributed by atoms with Crippen molar-refractivity contribution >= 4 is 17.9 Å². The number of furan rings is 1. The number of benzene rings is 1. The third-order valence-corrected chi connectivity index (χ3v) is 2.58. The second kappa shape index (κ2) is 6.61. The fourth-order valence-corrected chi connectivity index (χ4v) is 1.54. The number of nitro groups is 1. The predicted molar refractivity (Wildman–Crippen MR) is 70.6 cm³/mol. The van der Waals surface area contributed by atoms with Gasteiger partial charge in [0.1, 0.15) is 17.3 Å². The van der Waals surface area contributed by atoms with Crippen molar-refractivity contribution in [3.05, 3.63) is 69.5 Å².